The van der Waals surface area contributed by atoms with E-state index >= 15 is 0 Å². The van der Waals surface area contributed by atoms with Gasteiger partial charge in [0.05, 0.1) is 11.8 Å². The Morgan fingerprint density at radius 1 is 1.24 bits per heavy atom. The minimum absolute atomic E-state index is 0.0943. The molecule has 0 aromatic carbocycles. The zero-order valence-electron chi connectivity index (χ0n) is 11.5. The normalized spacial score (nSPS) is 14.8. The molecule has 0 fully saturated rings. The van der Waals surface area contributed by atoms with E-state index in [1.165, 1.54) is 12.3 Å². The molecule has 1 unspecified atom stereocenters. The van der Waals surface area contributed by atoms with Gasteiger partial charge in [-0.2, -0.15) is 18.3 Å². The third-order valence-corrected chi connectivity index (χ3v) is 3.03. The average Bonchev–Trinajstić information content (AvgIpc) is 2.83. The summed E-state index contributed by atoms with van der Waals surface area (Å²) in [5.41, 5.74) is -1.42. The summed E-state index contributed by atoms with van der Waals surface area (Å²) >= 11 is 0. The number of rotatable bonds is 4. The number of nitrogens with one attached hydrogen (secondary N) is 1. The first-order valence-electron chi connectivity index (χ1n) is 6.17. The number of anilines is 1. The fraction of sp³-hybridized carbons (Fsp3) is 0.385. The summed E-state index contributed by atoms with van der Waals surface area (Å²) in [5.74, 6) is 0.257. The number of aliphatic hydroxyl groups is 1. The molecule has 21 heavy (non-hydrogen) atoms. The van der Waals surface area contributed by atoms with Crippen molar-refractivity contribution in [1.82, 2.24) is 14.8 Å². The summed E-state index contributed by atoms with van der Waals surface area (Å²) in [5, 5.41) is 17.1. The topological polar surface area (TPSA) is 63.0 Å². The van der Waals surface area contributed by atoms with Crippen molar-refractivity contribution in [2.24, 2.45) is 7.05 Å². The Morgan fingerprint density at radius 3 is 2.43 bits per heavy atom. The first kappa shape index (κ1) is 15.3. The Labute approximate surface area is 119 Å². The Bertz CT molecular complexity index is 605. The highest BCUT2D eigenvalue weighted by molar-refractivity contribution is 5.37. The molecule has 0 spiro atoms. The maximum atomic E-state index is 12.4. The molecule has 0 aliphatic heterocycles. The van der Waals surface area contributed by atoms with Crippen molar-refractivity contribution in [3.8, 4) is 0 Å². The molecular formula is C13H15F3N4O. The molecule has 2 aromatic rings. The number of hydrogen-bond donors (Lipinski definition) is 2. The van der Waals surface area contributed by atoms with Crippen molar-refractivity contribution in [2.45, 2.75) is 18.7 Å². The van der Waals surface area contributed by atoms with Crippen LogP contribution < -0.4 is 5.32 Å². The average molecular weight is 300 g/mol. The molecular weight excluding hydrogens is 285 g/mol. The maximum absolute atomic E-state index is 12.4. The van der Waals surface area contributed by atoms with Gasteiger partial charge in [0, 0.05) is 31.5 Å². The zero-order chi connectivity index (χ0) is 15.7. The second-order valence-electron chi connectivity index (χ2n) is 4.96. The molecule has 2 heterocycles. The number of nitrogens with zero attached hydrogens (tertiary/aromatic N) is 3. The lowest BCUT2D eigenvalue weighted by Gasteiger charge is -2.22. The van der Waals surface area contributed by atoms with Crippen LogP contribution >= 0.6 is 0 Å². The predicted octanol–water partition coefficient (Wildman–Crippen LogP) is 2.15. The molecule has 0 aliphatic rings. The monoisotopic (exact) mass is 300 g/mol. The third-order valence-electron chi connectivity index (χ3n) is 3.03. The van der Waals surface area contributed by atoms with Crippen molar-refractivity contribution in [1.29, 1.82) is 0 Å². The van der Waals surface area contributed by atoms with E-state index < -0.39 is 17.3 Å². The van der Waals surface area contributed by atoms with Crippen LogP contribution in [-0.4, -0.2) is 26.4 Å². The summed E-state index contributed by atoms with van der Waals surface area (Å²) in [4.78, 5) is 3.68. The lowest BCUT2D eigenvalue weighted by molar-refractivity contribution is -0.137. The Hall–Kier alpha value is -2.09. The molecule has 0 radical (unpaired) electrons. The smallest absolute Gasteiger partial charge is 0.383 e. The first-order chi connectivity index (χ1) is 9.68. The van der Waals surface area contributed by atoms with E-state index in [9.17, 15) is 18.3 Å². The number of halogens is 3. The molecule has 2 N–H and O–H groups in total. The van der Waals surface area contributed by atoms with Crippen molar-refractivity contribution >= 4 is 5.82 Å². The highest BCUT2D eigenvalue weighted by atomic mass is 19.4. The van der Waals surface area contributed by atoms with E-state index in [0.29, 0.717) is 5.56 Å². The SMILES string of the molecule is Cn1cc(C(C)(O)CNc2ccc(C(F)(F)F)cn2)cn1. The second-order valence-corrected chi connectivity index (χ2v) is 4.96. The fourth-order valence-electron chi connectivity index (χ4n) is 1.73. The van der Waals surface area contributed by atoms with Gasteiger partial charge < -0.3 is 10.4 Å². The lowest BCUT2D eigenvalue weighted by atomic mass is 10.00. The van der Waals surface area contributed by atoms with Crippen LogP contribution in [0.5, 0.6) is 0 Å². The molecule has 5 nitrogen and oxygen atoms in total. The second kappa shape index (κ2) is 5.36. The number of aromatic nitrogens is 3. The van der Waals surface area contributed by atoms with Gasteiger partial charge in [0.15, 0.2) is 0 Å². The lowest BCUT2D eigenvalue weighted by Crippen LogP contribution is -2.30. The van der Waals surface area contributed by atoms with E-state index in [2.05, 4.69) is 15.4 Å². The summed E-state index contributed by atoms with van der Waals surface area (Å²) in [6.45, 7) is 1.68. The van der Waals surface area contributed by atoms with Crippen LogP contribution in [-0.2, 0) is 18.8 Å². The van der Waals surface area contributed by atoms with Gasteiger partial charge >= 0.3 is 6.18 Å². The van der Waals surface area contributed by atoms with Gasteiger partial charge in [-0.05, 0) is 19.1 Å². The fourth-order valence-corrected chi connectivity index (χ4v) is 1.73. The van der Waals surface area contributed by atoms with Crippen LogP contribution in [0.1, 0.15) is 18.1 Å². The van der Waals surface area contributed by atoms with Crippen LogP contribution in [0.3, 0.4) is 0 Å². The number of aryl methyl sites for hydroxylation is 1. The van der Waals surface area contributed by atoms with Gasteiger partial charge in [-0.3, -0.25) is 4.68 Å². The van der Waals surface area contributed by atoms with Gasteiger partial charge in [0.2, 0.25) is 0 Å². The van der Waals surface area contributed by atoms with E-state index in [0.717, 1.165) is 12.3 Å². The van der Waals surface area contributed by atoms with Crippen LogP contribution in [0.4, 0.5) is 19.0 Å². The van der Waals surface area contributed by atoms with Crippen LogP contribution in [0.2, 0.25) is 0 Å². The number of hydrogen-bond acceptors (Lipinski definition) is 4. The van der Waals surface area contributed by atoms with Gasteiger partial charge in [0.1, 0.15) is 11.4 Å². The molecule has 0 bridgehead atoms. The minimum Gasteiger partial charge on any atom is -0.383 e. The predicted molar refractivity (Wildman–Crippen MR) is 70.5 cm³/mol. The van der Waals surface area contributed by atoms with Gasteiger partial charge in [0.25, 0.3) is 0 Å². The molecule has 0 saturated heterocycles. The van der Waals surface area contributed by atoms with Gasteiger partial charge in [-0.15, -0.1) is 0 Å². The largest absolute Gasteiger partial charge is 0.417 e. The highest BCUT2D eigenvalue weighted by Gasteiger charge is 2.31. The zero-order valence-corrected chi connectivity index (χ0v) is 11.5. The molecule has 0 saturated carbocycles. The molecule has 0 amide bonds. The van der Waals surface area contributed by atoms with Crippen LogP contribution in [0.15, 0.2) is 30.7 Å². The van der Waals surface area contributed by atoms with Crippen molar-refractivity contribution < 1.29 is 18.3 Å². The first-order valence-corrected chi connectivity index (χ1v) is 6.17. The quantitative estimate of drug-likeness (QED) is 0.908. The van der Waals surface area contributed by atoms with E-state index in [4.69, 9.17) is 0 Å². The molecule has 0 aliphatic carbocycles. The summed E-state index contributed by atoms with van der Waals surface area (Å²) in [6, 6.07) is 2.16. The minimum atomic E-state index is -4.41. The summed E-state index contributed by atoms with van der Waals surface area (Å²) in [6.07, 6.45) is -0.461. The van der Waals surface area contributed by atoms with Gasteiger partial charge in [-0.25, -0.2) is 4.98 Å². The summed E-state index contributed by atoms with van der Waals surface area (Å²) < 4.78 is 38.8. The Morgan fingerprint density at radius 2 is 1.95 bits per heavy atom. The number of alkyl halides is 3. The van der Waals surface area contributed by atoms with Crippen molar-refractivity contribution in [3.05, 3.63) is 41.9 Å². The molecule has 2 aromatic heterocycles. The van der Waals surface area contributed by atoms with Crippen molar-refractivity contribution in [2.75, 3.05) is 11.9 Å². The van der Waals surface area contributed by atoms with Crippen LogP contribution in [0, 0.1) is 0 Å². The molecule has 1 atom stereocenters. The van der Waals surface area contributed by atoms with E-state index in [-0.39, 0.29) is 12.4 Å². The summed E-state index contributed by atoms with van der Waals surface area (Å²) in [7, 11) is 1.73. The molecule has 2 rings (SSSR count). The van der Waals surface area contributed by atoms with Crippen LogP contribution in [0.25, 0.3) is 0 Å². The van der Waals surface area contributed by atoms with E-state index in [1.54, 1.807) is 24.9 Å². The maximum Gasteiger partial charge on any atom is 0.417 e. The molecule has 8 heteroatoms. The standard InChI is InChI=1S/C13H15F3N4O/c1-12(21,10-6-19-20(2)7-10)8-18-11-4-3-9(5-17-11)13(14,15)16/h3-7,21H,8H2,1-2H3,(H,17,18). The van der Waals surface area contributed by atoms with E-state index in [1.807, 2.05) is 0 Å². The third kappa shape index (κ3) is 3.72. The Kier molecular flexibility index (Phi) is 3.91. The molecule has 114 valence electrons. The van der Waals surface area contributed by atoms with Crippen molar-refractivity contribution in [3.63, 3.8) is 0 Å². The Balaban J connectivity index is 2.02. The van der Waals surface area contributed by atoms with Gasteiger partial charge in [-0.1, -0.05) is 0 Å². The number of pyridine rings is 1. The highest BCUT2D eigenvalue weighted by Crippen LogP contribution is 2.29.